The first kappa shape index (κ1) is 14.8. The number of hydrogen-bond acceptors (Lipinski definition) is 3. The fourth-order valence-electron chi connectivity index (χ4n) is 2.01. The summed E-state index contributed by atoms with van der Waals surface area (Å²) in [6, 6.07) is 11.5. The van der Waals surface area contributed by atoms with Crippen molar-refractivity contribution in [3.8, 4) is 5.75 Å². The van der Waals surface area contributed by atoms with Crippen LogP contribution in [-0.2, 0) is 0 Å². The van der Waals surface area contributed by atoms with Crippen molar-refractivity contribution in [2.45, 2.75) is 6.92 Å². The van der Waals surface area contributed by atoms with E-state index in [2.05, 4.69) is 10.6 Å². The van der Waals surface area contributed by atoms with E-state index in [4.69, 9.17) is 4.74 Å². The molecule has 1 amide bonds. The zero-order valence-electron chi connectivity index (χ0n) is 11.9. The molecule has 110 valence electrons. The van der Waals surface area contributed by atoms with Gasteiger partial charge in [-0.1, -0.05) is 18.2 Å². The summed E-state index contributed by atoms with van der Waals surface area (Å²) >= 11 is 0. The van der Waals surface area contributed by atoms with Gasteiger partial charge in [-0.2, -0.15) is 0 Å². The molecule has 0 atom stereocenters. The van der Waals surface area contributed by atoms with Crippen molar-refractivity contribution in [1.82, 2.24) is 0 Å². The van der Waals surface area contributed by atoms with Gasteiger partial charge in [0.15, 0.2) is 0 Å². The van der Waals surface area contributed by atoms with Gasteiger partial charge in [0.1, 0.15) is 11.6 Å². The molecule has 0 aromatic heterocycles. The number of carbonyl (C=O) groups is 1. The number of anilines is 2. The smallest absolute Gasteiger partial charge is 0.257 e. The maximum Gasteiger partial charge on any atom is 0.257 e. The fraction of sp³-hybridized carbons (Fsp3) is 0.188. The molecule has 0 aliphatic rings. The van der Waals surface area contributed by atoms with E-state index < -0.39 is 11.7 Å². The second-order valence-corrected chi connectivity index (χ2v) is 4.30. The summed E-state index contributed by atoms with van der Waals surface area (Å²) in [4.78, 5) is 12.3. The molecule has 21 heavy (non-hydrogen) atoms. The summed E-state index contributed by atoms with van der Waals surface area (Å²) in [7, 11) is 1.57. The average molecular weight is 288 g/mol. The van der Waals surface area contributed by atoms with Crippen LogP contribution in [0.1, 0.15) is 17.3 Å². The summed E-state index contributed by atoms with van der Waals surface area (Å²) < 4.78 is 19.1. The molecule has 0 heterocycles. The zero-order valence-corrected chi connectivity index (χ0v) is 11.9. The Kier molecular flexibility index (Phi) is 4.77. The third-order valence-corrected chi connectivity index (χ3v) is 2.94. The number of para-hydroxylation sites is 3. The minimum absolute atomic E-state index is 0.170. The Bertz CT molecular complexity index is 644. The third-order valence-electron chi connectivity index (χ3n) is 2.94. The van der Waals surface area contributed by atoms with E-state index in [9.17, 15) is 9.18 Å². The van der Waals surface area contributed by atoms with Crippen molar-refractivity contribution >= 4 is 17.3 Å². The molecule has 5 heteroatoms. The third kappa shape index (κ3) is 3.31. The molecular formula is C16H17FN2O2. The Labute approximate surface area is 122 Å². The molecule has 2 aromatic rings. The molecule has 4 nitrogen and oxygen atoms in total. The van der Waals surface area contributed by atoms with Gasteiger partial charge in [0, 0.05) is 7.05 Å². The van der Waals surface area contributed by atoms with Crippen LogP contribution in [0.5, 0.6) is 5.75 Å². The molecule has 2 N–H and O–H groups in total. The molecule has 0 unspecified atom stereocenters. The SMILES string of the molecule is CCOc1ccccc1NC(=O)c1cccc(F)c1NC. The summed E-state index contributed by atoms with van der Waals surface area (Å²) in [6.07, 6.45) is 0. The highest BCUT2D eigenvalue weighted by Gasteiger charge is 2.15. The summed E-state index contributed by atoms with van der Waals surface area (Å²) in [6.45, 7) is 2.36. The summed E-state index contributed by atoms with van der Waals surface area (Å²) in [5.74, 6) is -0.287. The highest BCUT2D eigenvalue weighted by atomic mass is 19.1. The number of amides is 1. The predicted molar refractivity (Wildman–Crippen MR) is 81.5 cm³/mol. The quantitative estimate of drug-likeness (QED) is 0.885. The minimum Gasteiger partial charge on any atom is -0.492 e. The van der Waals surface area contributed by atoms with E-state index in [0.29, 0.717) is 18.0 Å². The van der Waals surface area contributed by atoms with E-state index in [-0.39, 0.29) is 11.3 Å². The van der Waals surface area contributed by atoms with Crippen molar-refractivity contribution < 1.29 is 13.9 Å². The van der Waals surface area contributed by atoms with Gasteiger partial charge >= 0.3 is 0 Å². The number of carbonyl (C=O) groups excluding carboxylic acids is 1. The van der Waals surface area contributed by atoms with E-state index in [1.165, 1.54) is 12.1 Å². The van der Waals surface area contributed by atoms with Crippen molar-refractivity contribution in [1.29, 1.82) is 0 Å². The number of benzene rings is 2. The summed E-state index contributed by atoms with van der Waals surface area (Å²) in [5, 5.41) is 5.45. The normalized spacial score (nSPS) is 10.0. The average Bonchev–Trinajstić information content (AvgIpc) is 2.49. The van der Waals surface area contributed by atoms with Crippen molar-refractivity contribution in [2.75, 3.05) is 24.3 Å². The van der Waals surface area contributed by atoms with Crippen LogP contribution >= 0.6 is 0 Å². The van der Waals surface area contributed by atoms with Crippen molar-refractivity contribution in [3.05, 3.63) is 53.8 Å². The van der Waals surface area contributed by atoms with Gasteiger partial charge in [-0.25, -0.2) is 4.39 Å². The molecule has 0 saturated heterocycles. The predicted octanol–water partition coefficient (Wildman–Crippen LogP) is 3.52. The Morgan fingerprint density at radius 3 is 2.67 bits per heavy atom. The standard InChI is InChI=1S/C16H17FN2O2/c1-3-21-14-10-5-4-9-13(14)19-16(20)11-7-6-8-12(17)15(11)18-2/h4-10,18H,3H2,1-2H3,(H,19,20). The molecule has 0 spiro atoms. The van der Waals surface area contributed by atoms with E-state index >= 15 is 0 Å². The first-order valence-corrected chi connectivity index (χ1v) is 6.66. The van der Waals surface area contributed by atoms with Crippen molar-refractivity contribution in [2.24, 2.45) is 0 Å². The van der Waals surface area contributed by atoms with Crippen LogP contribution in [0.3, 0.4) is 0 Å². The van der Waals surface area contributed by atoms with Gasteiger partial charge in [0.2, 0.25) is 0 Å². The van der Waals surface area contributed by atoms with Crippen LogP contribution < -0.4 is 15.4 Å². The van der Waals surface area contributed by atoms with E-state index in [1.807, 2.05) is 13.0 Å². The number of nitrogens with one attached hydrogen (secondary N) is 2. The number of hydrogen-bond donors (Lipinski definition) is 2. The Balaban J connectivity index is 2.29. The number of halogens is 1. The van der Waals surface area contributed by atoms with Crippen LogP contribution in [0.25, 0.3) is 0 Å². The molecule has 2 rings (SSSR count). The van der Waals surface area contributed by atoms with E-state index in [1.54, 1.807) is 31.3 Å². The van der Waals surface area contributed by atoms with Crippen LogP contribution in [0, 0.1) is 5.82 Å². The monoisotopic (exact) mass is 288 g/mol. The first-order chi connectivity index (χ1) is 10.2. The largest absolute Gasteiger partial charge is 0.492 e. The second kappa shape index (κ2) is 6.74. The van der Waals surface area contributed by atoms with Crippen LogP contribution in [0.15, 0.2) is 42.5 Å². The van der Waals surface area contributed by atoms with Crippen LogP contribution in [0.2, 0.25) is 0 Å². The van der Waals surface area contributed by atoms with Crippen LogP contribution in [0.4, 0.5) is 15.8 Å². The molecule has 0 radical (unpaired) electrons. The zero-order chi connectivity index (χ0) is 15.2. The van der Waals surface area contributed by atoms with Gasteiger partial charge in [-0.05, 0) is 31.2 Å². The number of ether oxygens (including phenoxy) is 1. The van der Waals surface area contributed by atoms with Gasteiger partial charge in [-0.3, -0.25) is 4.79 Å². The van der Waals surface area contributed by atoms with Crippen LogP contribution in [-0.4, -0.2) is 19.6 Å². The van der Waals surface area contributed by atoms with E-state index in [0.717, 1.165) is 0 Å². The summed E-state index contributed by atoms with van der Waals surface area (Å²) in [5.41, 5.74) is 0.961. The Hall–Kier alpha value is -2.56. The second-order valence-electron chi connectivity index (χ2n) is 4.30. The molecule has 2 aromatic carbocycles. The highest BCUT2D eigenvalue weighted by molar-refractivity contribution is 6.08. The Morgan fingerprint density at radius 1 is 1.19 bits per heavy atom. The lowest BCUT2D eigenvalue weighted by Gasteiger charge is -2.13. The fourth-order valence-corrected chi connectivity index (χ4v) is 2.01. The van der Waals surface area contributed by atoms with Gasteiger partial charge < -0.3 is 15.4 Å². The Morgan fingerprint density at radius 2 is 1.95 bits per heavy atom. The lowest BCUT2D eigenvalue weighted by atomic mass is 10.1. The van der Waals surface area contributed by atoms with Gasteiger partial charge in [0.25, 0.3) is 5.91 Å². The molecule has 0 aliphatic heterocycles. The number of rotatable bonds is 5. The van der Waals surface area contributed by atoms with Gasteiger partial charge in [0.05, 0.1) is 23.5 Å². The molecule has 0 fully saturated rings. The molecule has 0 bridgehead atoms. The highest BCUT2D eigenvalue weighted by Crippen LogP contribution is 2.26. The molecular weight excluding hydrogens is 271 g/mol. The molecule has 0 saturated carbocycles. The topological polar surface area (TPSA) is 50.4 Å². The van der Waals surface area contributed by atoms with Gasteiger partial charge in [-0.15, -0.1) is 0 Å². The first-order valence-electron chi connectivity index (χ1n) is 6.66. The maximum absolute atomic E-state index is 13.7. The van der Waals surface area contributed by atoms with Crippen molar-refractivity contribution in [3.63, 3.8) is 0 Å². The maximum atomic E-state index is 13.7. The lowest BCUT2D eigenvalue weighted by Crippen LogP contribution is -2.15. The lowest BCUT2D eigenvalue weighted by molar-refractivity contribution is 0.102. The molecule has 0 aliphatic carbocycles. The minimum atomic E-state index is -0.469.